The molecule has 0 saturated heterocycles. The number of carbonyl (C=O) groups is 1. The Bertz CT molecular complexity index is 1190. The van der Waals surface area contributed by atoms with Gasteiger partial charge in [-0.05, 0) is 42.5 Å². The Labute approximate surface area is 182 Å². The van der Waals surface area contributed by atoms with Crippen LogP contribution >= 0.6 is 11.6 Å². The second-order valence-electron chi connectivity index (χ2n) is 6.36. The van der Waals surface area contributed by atoms with Gasteiger partial charge in [-0.1, -0.05) is 11.6 Å². The van der Waals surface area contributed by atoms with Crippen LogP contribution in [0.5, 0.6) is 5.75 Å². The zero-order chi connectivity index (χ0) is 22.6. The number of nitro groups is 1. The minimum atomic E-state index is -3.96. The molecule has 1 atom stereocenters. The molecule has 162 valence electrons. The van der Waals surface area contributed by atoms with E-state index in [9.17, 15) is 23.3 Å². The van der Waals surface area contributed by atoms with E-state index in [1.54, 1.807) is 0 Å². The number of benzene rings is 2. The number of nitrogens with one attached hydrogen (secondary N) is 1. The van der Waals surface area contributed by atoms with Crippen LogP contribution in [0.1, 0.15) is 21.4 Å². The molecule has 1 N–H and O–H groups in total. The van der Waals surface area contributed by atoms with Gasteiger partial charge in [0.05, 0.1) is 33.8 Å². The van der Waals surface area contributed by atoms with Crippen LogP contribution in [0.4, 0.5) is 5.69 Å². The van der Waals surface area contributed by atoms with Gasteiger partial charge in [-0.25, -0.2) is 8.42 Å². The molecule has 0 aliphatic heterocycles. The van der Waals surface area contributed by atoms with Gasteiger partial charge in [0.25, 0.3) is 11.6 Å². The topological polar surface area (TPSA) is 129 Å². The van der Waals surface area contributed by atoms with Crippen molar-refractivity contribution in [2.24, 2.45) is 0 Å². The van der Waals surface area contributed by atoms with E-state index in [4.69, 9.17) is 20.8 Å². The Balaban J connectivity index is 1.88. The van der Waals surface area contributed by atoms with Crippen LogP contribution in [0.15, 0.2) is 70.2 Å². The number of nitro benzene ring substituents is 1. The third-order valence-electron chi connectivity index (χ3n) is 4.48. The summed E-state index contributed by atoms with van der Waals surface area (Å²) in [6, 6.07) is 12.2. The molecule has 0 spiro atoms. The zero-order valence-electron chi connectivity index (χ0n) is 16.1. The van der Waals surface area contributed by atoms with Crippen molar-refractivity contribution in [1.82, 2.24) is 5.32 Å². The second-order valence-corrected chi connectivity index (χ2v) is 8.89. The lowest BCUT2D eigenvalue weighted by atomic mass is 10.2. The maximum atomic E-state index is 13.2. The Morgan fingerprint density at radius 1 is 1.23 bits per heavy atom. The summed E-state index contributed by atoms with van der Waals surface area (Å²) in [6.45, 7) is -0.347. The van der Waals surface area contributed by atoms with Crippen LogP contribution in [-0.2, 0) is 9.84 Å². The summed E-state index contributed by atoms with van der Waals surface area (Å²) in [5.74, 6) is -0.140. The Kier molecular flexibility index (Phi) is 6.62. The number of sulfone groups is 1. The summed E-state index contributed by atoms with van der Waals surface area (Å²) in [5, 5.41) is 12.2. The molecule has 2 aromatic carbocycles. The van der Waals surface area contributed by atoms with Gasteiger partial charge in [-0.2, -0.15) is 0 Å². The maximum absolute atomic E-state index is 13.2. The van der Waals surface area contributed by atoms with Gasteiger partial charge in [0.2, 0.25) is 0 Å². The quantitative estimate of drug-likeness (QED) is 0.396. The molecule has 3 rings (SSSR count). The molecular formula is C20H17ClN2O7S. The van der Waals surface area contributed by atoms with Crippen LogP contribution in [0.3, 0.4) is 0 Å². The number of hydrogen-bond acceptors (Lipinski definition) is 7. The molecular weight excluding hydrogens is 448 g/mol. The molecule has 0 unspecified atom stereocenters. The maximum Gasteiger partial charge on any atom is 0.270 e. The minimum Gasteiger partial charge on any atom is -0.497 e. The second kappa shape index (κ2) is 9.19. The van der Waals surface area contributed by atoms with E-state index in [0.29, 0.717) is 5.75 Å². The average Bonchev–Trinajstić information content (AvgIpc) is 3.28. The van der Waals surface area contributed by atoms with E-state index >= 15 is 0 Å². The molecule has 0 saturated carbocycles. The highest BCUT2D eigenvalue weighted by Gasteiger charge is 2.32. The van der Waals surface area contributed by atoms with E-state index in [-0.39, 0.29) is 33.5 Å². The van der Waals surface area contributed by atoms with E-state index in [1.165, 1.54) is 61.9 Å². The molecule has 1 heterocycles. The molecule has 0 aliphatic rings. The average molecular weight is 465 g/mol. The fraction of sp³-hybridized carbons (Fsp3) is 0.150. The van der Waals surface area contributed by atoms with Gasteiger partial charge in [0, 0.05) is 18.7 Å². The number of hydrogen-bond donors (Lipinski definition) is 1. The molecule has 3 aromatic rings. The molecule has 0 radical (unpaired) electrons. The van der Waals surface area contributed by atoms with Gasteiger partial charge in [-0.3, -0.25) is 14.9 Å². The van der Waals surface area contributed by atoms with Crippen LogP contribution in [-0.4, -0.2) is 32.9 Å². The number of rotatable bonds is 8. The van der Waals surface area contributed by atoms with Crippen molar-refractivity contribution in [3.8, 4) is 5.75 Å². The van der Waals surface area contributed by atoms with Crippen molar-refractivity contribution in [3.05, 3.63) is 87.3 Å². The molecule has 9 nitrogen and oxygen atoms in total. The first-order valence-corrected chi connectivity index (χ1v) is 10.8. The lowest BCUT2D eigenvalue weighted by Gasteiger charge is -2.17. The summed E-state index contributed by atoms with van der Waals surface area (Å²) in [5.41, 5.74) is -0.459. The largest absolute Gasteiger partial charge is 0.497 e. The Hall–Kier alpha value is -3.37. The highest BCUT2D eigenvalue weighted by molar-refractivity contribution is 7.91. The third kappa shape index (κ3) is 4.86. The minimum absolute atomic E-state index is 0.00402. The van der Waals surface area contributed by atoms with E-state index in [2.05, 4.69) is 5.32 Å². The number of carbonyl (C=O) groups excluding carboxylic acids is 1. The van der Waals surface area contributed by atoms with Gasteiger partial charge < -0.3 is 14.5 Å². The normalized spacial score (nSPS) is 12.2. The number of furan rings is 1. The number of methoxy groups -OCH3 is 1. The van der Waals surface area contributed by atoms with Crippen LogP contribution < -0.4 is 10.1 Å². The summed E-state index contributed by atoms with van der Waals surface area (Å²) in [7, 11) is -2.50. The fourth-order valence-corrected chi connectivity index (χ4v) is 4.64. The standard InChI is InChI=1S/C20H17ClN2O7S/c1-29-14-5-7-15(8-6-14)31(27,28)19(18-3-2-10-30-18)12-22-20(24)16-11-13(23(25)26)4-9-17(16)21/h2-11,19H,12H2,1H3,(H,22,24)/t19-/m1/s1. The van der Waals surface area contributed by atoms with Crippen molar-refractivity contribution in [3.63, 3.8) is 0 Å². The predicted molar refractivity (Wildman–Crippen MR) is 112 cm³/mol. The number of halogens is 1. The Morgan fingerprint density at radius 2 is 1.94 bits per heavy atom. The van der Waals surface area contributed by atoms with E-state index < -0.39 is 25.9 Å². The number of amides is 1. The van der Waals surface area contributed by atoms with E-state index in [1.807, 2.05) is 0 Å². The first kappa shape index (κ1) is 22.3. The van der Waals surface area contributed by atoms with Gasteiger partial charge in [0.15, 0.2) is 9.84 Å². The number of non-ortho nitro benzene ring substituents is 1. The zero-order valence-corrected chi connectivity index (χ0v) is 17.7. The molecule has 0 bridgehead atoms. The molecule has 1 amide bonds. The van der Waals surface area contributed by atoms with Crippen molar-refractivity contribution in [1.29, 1.82) is 0 Å². The molecule has 1 aromatic heterocycles. The van der Waals surface area contributed by atoms with Crippen LogP contribution in [0, 0.1) is 10.1 Å². The monoisotopic (exact) mass is 464 g/mol. The molecule has 31 heavy (non-hydrogen) atoms. The van der Waals surface area contributed by atoms with Crippen LogP contribution in [0.2, 0.25) is 5.02 Å². The van der Waals surface area contributed by atoms with Gasteiger partial charge in [0.1, 0.15) is 16.8 Å². The third-order valence-corrected chi connectivity index (χ3v) is 6.88. The fourth-order valence-electron chi connectivity index (χ4n) is 2.85. The first-order valence-electron chi connectivity index (χ1n) is 8.87. The van der Waals surface area contributed by atoms with Gasteiger partial charge in [-0.15, -0.1) is 0 Å². The smallest absolute Gasteiger partial charge is 0.270 e. The SMILES string of the molecule is COc1ccc(S(=O)(=O)[C@H](CNC(=O)c2cc([N+](=O)[O-])ccc2Cl)c2ccco2)cc1. The lowest BCUT2D eigenvalue weighted by Crippen LogP contribution is -2.32. The van der Waals surface area contributed by atoms with Crippen molar-refractivity contribution in [2.45, 2.75) is 10.1 Å². The molecule has 0 fully saturated rings. The van der Waals surface area contributed by atoms with Crippen molar-refractivity contribution in [2.75, 3.05) is 13.7 Å². The highest BCUT2D eigenvalue weighted by Crippen LogP contribution is 2.30. The van der Waals surface area contributed by atoms with Crippen LogP contribution in [0.25, 0.3) is 0 Å². The molecule has 0 aliphatic carbocycles. The summed E-state index contributed by atoms with van der Waals surface area (Å²) in [6.07, 6.45) is 1.32. The Morgan fingerprint density at radius 3 is 2.52 bits per heavy atom. The number of ether oxygens (including phenoxy) is 1. The van der Waals surface area contributed by atoms with Gasteiger partial charge >= 0.3 is 0 Å². The van der Waals surface area contributed by atoms with Crippen molar-refractivity contribution >= 4 is 33.0 Å². The highest BCUT2D eigenvalue weighted by atomic mass is 35.5. The van der Waals surface area contributed by atoms with Crippen molar-refractivity contribution < 1.29 is 27.3 Å². The summed E-state index contributed by atoms with van der Waals surface area (Å²) in [4.78, 5) is 22.9. The van der Waals surface area contributed by atoms with E-state index in [0.717, 1.165) is 6.07 Å². The summed E-state index contributed by atoms with van der Waals surface area (Å²) < 4.78 is 36.8. The first-order chi connectivity index (χ1) is 14.7. The number of nitrogens with zero attached hydrogens (tertiary/aromatic N) is 1. The molecule has 11 heteroatoms. The summed E-state index contributed by atoms with van der Waals surface area (Å²) >= 11 is 5.99. The lowest BCUT2D eigenvalue weighted by molar-refractivity contribution is -0.384. The predicted octanol–water partition coefficient (Wildman–Crippen LogP) is 3.79.